The van der Waals surface area contributed by atoms with Gasteiger partial charge in [-0.05, 0) is 54.8 Å². The Morgan fingerprint density at radius 3 is 1.90 bits per heavy atom. The molecule has 2 fully saturated rings. The second kappa shape index (κ2) is 16.7. The number of nitrogens with zero attached hydrogens (tertiary/aromatic N) is 4. The fraction of sp³-hybridized carbons (Fsp3) is 0.412. The fourth-order valence-electron chi connectivity index (χ4n) is 5.62. The molecular weight excluding hydrogens is 681 g/mol. The maximum absolute atomic E-state index is 13.3. The number of aromatic hydroxyl groups is 1. The number of aryl methyl sites for hydroxylation is 1. The van der Waals surface area contributed by atoms with Crippen LogP contribution in [0.15, 0.2) is 49.1 Å². The zero-order valence-electron chi connectivity index (χ0n) is 27.8. The summed E-state index contributed by atoms with van der Waals surface area (Å²) in [5.74, 6) is -0.881. The highest BCUT2D eigenvalue weighted by Crippen LogP contribution is 2.40. The topological polar surface area (TPSA) is 135 Å². The molecule has 0 saturated carbocycles. The van der Waals surface area contributed by atoms with Gasteiger partial charge in [0.2, 0.25) is 23.6 Å². The van der Waals surface area contributed by atoms with Gasteiger partial charge in [0.05, 0.1) is 42.2 Å². The predicted molar refractivity (Wildman–Crippen MR) is 182 cm³/mol. The number of amides is 4. The van der Waals surface area contributed by atoms with Gasteiger partial charge in [-0.15, -0.1) is 0 Å². The van der Waals surface area contributed by atoms with E-state index in [9.17, 15) is 37.5 Å². The van der Waals surface area contributed by atoms with Crippen LogP contribution in [0.3, 0.4) is 0 Å². The van der Waals surface area contributed by atoms with Crippen LogP contribution in [0.2, 0.25) is 5.02 Å². The van der Waals surface area contributed by atoms with Crippen molar-refractivity contribution < 1.29 is 42.2 Å². The molecule has 4 amide bonds. The Morgan fingerprint density at radius 1 is 0.860 bits per heavy atom. The highest BCUT2D eigenvalue weighted by atomic mass is 35.5. The second-order valence-electron chi connectivity index (χ2n) is 11.8. The smallest absolute Gasteiger partial charge is 0.417 e. The van der Waals surface area contributed by atoms with Crippen LogP contribution in [0.5, 0.6) is 11.5 Å². The van der Waals surface area contributed by atoms with Gasteiger partial charge in [0.25, 0.3) is 0 Å². The van der Waals surface area contributed by atoms with E-state index in [4.69, 9.17) is 16.3 Å². The highest BCUT2D eigenvalue weighted by molar-refractivity contribution is 6.31. The number of piperazine rings is 2. The van der Waals surface area contributed by atoms with Crippen LogP contribution in [-0.2, 0) is 31.8 Å². The zero-order valence-corrected chi connectivity index (χ0v) is 28.6. The van der Waals surface area contributed by atoms with Gasteiger partial charge >= 0.3 is 6.18 Å². The van der Waals surface area contributed by atoms with E-state index in [0.29, 0.717) is 38.3 Å². The minimum Gasteiger partial charge on any atom is -0.506 e. The molecular formula is C34H40ClF3N6O6. The van der Waals surface area contributed by atoms with Crippen LogP contribution in [-0.4, -0.2) is 121 Å². The number of phenolic OH excluding ortho intramolecular Hbond substituents is 1. The van der Waals surface area contributed by atoms with Crippen LogP contribution in [0.25, 0.3) is 0 Å². The van der Waals surface area contributed by atoms with Gasteiger partial charge in [0.15, 0.2) is 0 Å². The maximum atomic E-state index is 13.3. The number of anilines is 2. The molecule has 3 N–H and O–H groups in total. The molecule has 0 spiro atoms. The van der Waals surface area contributed by atoms with Crippen LogP contribution in [0.1, 0.15) is 16.7 Å². The van der Waals surface area contributed by atoms with E-state index in [1.807, 2.05) is 6.92 Å². The summed E-state index contributed by atoms with van der Waals surface area (Å²) in [5, 5.41) is 15.8. The summed E-state index contributed by atoms with van der Waals surface area (Å²) < 4.78 is 45.0. The number of alkyl halides is 3. The molecule has 2 aromatic carbocycles. The second-order valence-corrected chi connectivity index (χ2v) is 12.2. The van der Waals surface area contributed by atoms with Gasteiger partial charge in [-0.1, -0.05) is 24.3 Å². The summed E-state index contributed by atoms with van der Waals surface area (Å²) in [6, 6.07) is 5.16. The number of phenols is 1. The molecule has 0 unspecified atom stereocenters. The van der Waals surface area contributed by atoms with E-state index >= 15 is 0 Å². The Bertz CT molecular complexity index is 1640. The van der Waals surface area contributed by atoms with Crippen LogP contribution in [0, 0.1) is 6.92 Å². The van der Waals surface area contributed by atoms with Crippen molar-refractivity contribution in [3.05, 3.63) is 70.8 Å². The van der Waals surface area contributed by atoms with Crippen molar-refractivity contribution in [3.63, 3.8) is 0 Å². The van der Waals surface area contributed by atoms with Crippen LogP contribution >= 0.6 is 11.6 Å². The van der Waals surface area contributed by atoms with Gasteiger partial charge in [-0.2, -0.15) is 13.2 Å². The van der Waals surface area contributed by atoms with Crippen molar-refractivity contribution in [2.24, 2.45) is 0 Å². The third-order valence-electron chi connectivity index (χ3n) is 8.57. The normalized spacial score (nSPS) is 15.2. The van der Waals surface area contributed by atoms with Crippen LogP contribution < -0.4 is 15.4 Å². The third kappa shape index (κ3) is 9.61. The van der Waals surface area contributed by atoms with E-state index in [1.54, 1.807) is 32.9 Å². The van der Waals surface area contributed by atoms with Gasteiger partial charge in [-0.25, -0.2) is 0 Å². The molecule has 0 bridgehead atoms. The Balaban J connectivity index is 1.22. The first kappa shape index (κ1) is 37.9. The monoisotopic (exact) mass is 720 g/mol. The lowest BCUT2D eigenvalue weighted by Crippen LogP contribution is -2.51. The van der Waals surface area contributed by atoms with Crippen molar-refractivity contribution in [3.8, 4) is 11.5 Å². The average molecular weight is 721 g/mol. The molecule has 2 aromatic rings. The molecule has 2 heterocycles. The van der Waals surface area contributed by atoms with E-state index in [-0.39, 0.29) is 80.1 Å². The summed E-state index contributed by atoms with van der Waals surface area (Å²) in [6.07, 6.45) is 0.0691. The molecule has 4 rings (SSSR count). The van der Waals surface area contributed by atoms with Gasteiger partial charge in [0.1, 0.15) is 11.5 Å². The first-order valence-electron chi connectivity index (χ1n) is 15.9. The lowest BCUT2D eigenvalue weighted by atomic mass is 10.0. The van der Waals surface area contributed by atoms with Gasteiger partial charge in [0, 0.05) is 58.4 Å². The SMILES string of the molecule is C=CC(=O)N1CCN(C(=O)CNc2cc(C)c(C/C=C/C(=O)N3CCN(C(=O)CNc4cc(C(F)(F)F)c(Cl)cc4OC)CC3)cc2O)CC1. The number of carbonyl (C=O) groups excluding carboxylic acids is 4. The van der Waals surface area contributed by atoms with E-state index < -0.39 is 16.8 Å². The predicted octanol–water partition coefficient (Wildman–Crippen LogP) is 3.53. The molecule has 270 valence electrons. The summed E-state index contributed by atoms with van der Waals surface area (Å²) in [6.45, 7) is 7.79. The standard InChI is InChI=1S/C34H40ClF3N6O6/c1-4-30(46)41-8-12-43(13-9-41)32(48)20-39-26-16-22(2)23(17-28(26)45)6-5-7-31(47)42-10-14-44(15-11-42)33(49)21-40-27-18-24(34(36,37)38)25(35)19-29(27)50-3/h4-5,7,16-19,39-40,45H,1,6,8-15,20-21H2,2-3H3/b7-5+. The number of carbonyl (C=O) groups is 4. The fourth-order valence-corrected chi connectivity index (χ4v) is 5.88. The van der Waals surface area contributed by atoms with E-state index in [0.717, 1.165) is 23.3 Å². The Hall–Kier alpha value is -4.92. The lowest BCUT2D eigenvalue weighted by Gasteiger charge is -2.34. The first-order chi connectivity index (χ1) is 23.7. The van der Waals surface area contributed by atoms with Gasteiger partial charge < -0.3 is 40.1 Å². The Kier molecular flexibility index (Phi) is 12.6. The summed E-state index contributed by atoms with van der Waals surface area (Å²) in [4.78, 5) is 56.5. The molecule has 0 radical (unpaired) electrons. The van der Waals surface area contributed by atoms with E-state index in [1.165, 1.54) is 24.2 Å². The number of ether oxygens (including phenoxy) is 1. The third-order valence-corrected chi connectivity index (χ3v) is 8.88. The molecule has 2 aliphatic heterocycles. The number of halogens is 4. The van der Waals surface area contributed by atoms with Crippen molar-refractivity contribution >= 4 is 46.6 Å². The summed E-state index contributed by atoms with van der Waals surface area (Å²) in [5.41, 5.74) is 0.963. The van der Waals surface area contributed by atoms with Crippen molar-refractivity contribution in [2.45, 2.75) is 19.5 Å². The van der Waals surface area contributed by atoms with Gasteiger partial charge in [-0.3, -0.25) is 19.2 Å². The number of hydrogen-bond acceptors (Lipinski definition) is 8. The first-order valence-corrected chi connectivity index (χ1v) is 16.3. The molecule has 12 nitrogen and oxygen atoms in total. The molecule has 0 aromatic heterocycles. The van der Waals surface area contributed by atoms with E-state index in [2.05, 4.69) is 17.2 Å². The zero-order chi connectivity index (χ0) is 36.6. The molecule has 50 heavy (non-hydrogen) atoms. The molecule has 2 aliphatic rings. The minimum atomic E-state index is -4.68. The Labute approximate surface area is 293 Å². The number of hydrogen-bond donors (Lipinski definition) is 3. The quantitative estimate of drug-likeness (QED) is 0.237. The average Bonchev–Trinajstić information content (AvgIpc) is 3.10. The molecule has 0 atom stereocenters. The number of nitrogens with one attached hydrogen (secondary N) is 2. The van der Waals surface area contributed by atoms with Crippen molar-refractivity contribution in [1.29, 1.82) is 0 Å². The summed E-state index contributed by atoms with van der Waals surface area (Å²) in [7, 11) is 1.28. The van der Waals surface area contributed by atoms with Crippen LogP contribution in [0.4, 0.5) is 24.5 Å². The number of benzene rings is 2. The maximum Gasteiger partial charge on any atom is 0.417 e. The number of rotatable bonds is 11. The molecule has 2 saturated heterocycles. The minimum absolute atomic E-state index is 0.0222. The number of methoxy groups -OCH3 is 1. The summed E-state index contributed by atoms with van der Waals surface area (Å²) >= 11 is 5.75. The van der Waals surface area contributed by atoms with Crippen molar-refractivity contribution in [2.75, 3.05) is 83.2 Å². The van der Waals surface area contributed by atoms with Crippen molar-refractivity contribution in [1.82, 2.24) is 19.6 Å². The highest BCUT2D eigenvalue weighted by Gasteiger charge is 2.34. The molecule has 16 heteroatoms. The largest absolute Gasteiger partial charge is 0.506 e. The number of allylic oxidation sites excluding steroid dienone is 1. The molecule has 0 aliphatic carbocycles. The lowest BCUT2D eigenvalue weighted by molar-refractivity contribution is -0.137. The Morgan fingerprint density at radius 2 is 1.38 bits per heavy atom.